The maximum Gasteiger partial charge on any atom is 0.242 e. The summed E-state index contributed by atoms with van der Waals surface area (Å²) in [4.78, 5) is 24.2. The Labute approximate surface area is 129 Å². The molecular formula is C15H19Cl2NO2. The first-order valence-corrected chi connectivity index (χ1v) is 7.58. The van der Waals surface area contributed by atoms with Crippen LogP contribution in [0, 0.1) is 13.8 Å². The lowest BCUT2D eigenvalue weighted by Crippen LogP contribution is -2.34. The van der Waals surface area contributed by atoms with Gasteiger partial charge in [0.2, 0.25) is 5.91 Å². The van der Waals surface area contributed by atoms with E-state index in [2.05, 4.69) is 0 Å². The molecule has 3 nitrogen and oxygen atoms in total. The summed E-state index contributed by atoms with van der Waals surface area (Å²) in [6.07, 6.45) is 2.45. The molecule has 0 unspecified atom stereocenters. The molecule has 5 heteroatoms. The van der Waals surface area contributed by atoms with Gasteiger partial charge in [-0.15, -0.1) is 23.2 Å². The number of benzene rings is 1. The Hall–Kier alpha value is -1.06. The van der Waals surface area contributed by atoms with Crippen molar-refractivity contribution >= 4 is 41.1 Å². The number of carbonyl (C=O) groups is 2. The number of amides is 1. The minimum atomic E-state index is -0.264. The first-order valence-electron chi connectivity index (χ1n) is 6.51. The number of carbonyl (C=O) groups excluding carboxylic acids is 2. The number of halogens is 2. The molecule has 0 bridgehead atoms. The van der Waals surface area contributed by atoms with Gasteiger partial charge in [0.1, 0.15) is 12.2 Å². The van der Waals surface area contributed by atoms with Crippen LogP contribution in [0.2, 0.25) is 0 Å². The third kappa shape index (κ3) is 3.97. The smallest absolute Gasteiger partial charge is 0.242 e. The number of hydrogen-bond donors (Lipinski definition) is 0. The van der Waals surface area contributed by atoms with Gasteiger partial charge in [-0.2, -0.15) is 0 Å². The van der Waals surface area contributed by atoms with Gasteiger partial charge in [0.15, 0.2) is 0 Å². The highest BCUT2D eigenvalue weighted by atomic mass is 35.5. The summed E-state index contributed by atoms with van der Waals surface area (Å²) in [7, 11) is 0. The number of anilines is 1. The second-order valence-electron chi connectivity index (χ2n) is 4.61. The predicted molar refractivity (Wildman–Crippen MR) is 84.1 cm³/mol. The maximum atomic E-state index is 11.9. The zero-order valence-electron chi connectivity index (χ0n) is 11.8. The van der Waals surface area contributed by atoms with Crippen LogP contribution in [-0.4, -0.2) is 30.5 Å². The van der Waals surface area contributed by atoms with E-state index in [1.807, 2.05) is 26.0 Å². The third-order valence-electron chi connectivity index (χ3n) is 3.27. The topological polar surface area (TPSA) is 37.4 Å². The standard InChI is InChI=1S/C15H19Cl2NO2/c1-11-5-6-13(4-3-7-16)12(2)15(11)18(8-9-19)14(20)10-17/h5-6,9H,3-4,7-8,10H2,1-2H3. The average Bonchev–Trinajstić information content (AvgIpc) is 2.44. The van der Waals surface area contributed by atoms with E-state index in [4.69, 9.17) is 23.2 Å². The quantitative estimate of drug-likeness (QED) is 0.572. The number of alkyl halides is 2. The molecule has 0 heterocycles. The first kappa shape index (κ1) is 17.0. The first-order chi connectivity index (χ1) is 9.56. The average molecular weight is 316 g/mol. The number of aryl methyl sites for hydroxylation is 2. The number of hydrogen-bond acceptors (Lipinski definition) is 2. The number of nitrogens with zero attached hydrogens (tertiary/aromatic N) is 1. The van der Waals surface area contributed by atoms with Gasteiger partial charge in [0, 0.05) is 5.88 Å². The highest BCUT2D eigenvalue weighted by Crippen LogP contribution is 2.28. The Kier molecular flexibility index (Phi) is 7.03. The SMILES string of the molecule is Cc1ccc(CCCCl)c(C)c1N(CC=O)C(=O)CCl. The van der Waals surface area contributed by atoms with E-state index in [1.54, 1.807) is 0 Å². The van der Waals surface area contributed by atoms with Gasteiger partial charge < -0.3 is 9.69 Å². The molecule has 0 spiro atoms. The molecule has 0 aliphatic carbocycles. The fourth-order valence-electron chi connectivity index (χ4n) is 2.29. The lowest BCUT2D eigenvalue weighted by Gasteiger charge is -2.25. The van der Waals surface area contributed by atoms with Gasteiger partial charge in [-0.1, -0.05) is 12.1 Å². The molecule has 1 rings (SSSR count). The van der Waals surface area contributed by atoms with Gasteiger partial charge in [-0.25, -0.2) is 0 Å². The molecule has 1 aromatic carbocycles. The van der Waals surface area contributed by atoms with Gasteiger partial charge in [-0.05, 0) is 43.4 Å². The van der Waals surface area contributed by atoms with Gasteiger partial charge in [0.25, 0.3) is 0 Å². The summed E-state index contributed by atoms with van der Waals surface area (Å²) in [5.74, 6) is 0.194. The third-order valence-corrected chi connectivity index (χ3v) is 3.76. The molecule has 0 atom stereocenters. The molecule has 0 fully saturated rings. The van der Waals surface area contributed by atoms with Crippen LogP contribution in [0.15, 0.2) is 12.1 Å². The van der Waals surface area contributed by atoms with E-state index in [0.717, 1.165) is 41.5 Å². The highest BCUT2D eigenvalue weighted by Gasteiger charge is 2.19. The summed E-state index contributed by atoms with van der Waals surface area (Å²) in [6, 6.07) is 4.01. The molecule has 0 radical (unpaired) electrons. The van der Waals surface area contributed by atoms with Crippen LogP contribution >= 0.6 is 23.2 Å². The Morgan fingerprint density at radius 1 is 1.30 bits per heavy atom. The van der Waals surface area contributed by atoms with Crippen molar-refractivity contribution in [1.29, 1.82) is 0 Å². The summed E-state index contributed by atoms with van der Waals surface area (Å²) in [6.45, 7) is 3.91. The molecule has 0 N–H and O–H groups in total. The zero-order valence-corrected chi connectivity index (χ0v) is 13.3. The molecule has 0 aliphatic heterocycles. The Morgan fingerprint density at radius 2 is 2.00 bits per heavy atom. The largest absolute Gasteiger partial charge is 0.304 e. The Bertz CT molecular complexity index is 489. The fourth-order valence-corrected chi connectivity index (χ4v) is 2.56. The van der Waals surface area contributed by atoms with Crippen LogP contribution in [0.4, 0.5) is 5.69 Å². The number of aldehydes is 1. The van der Waals surface area contributed by atoms with Crippen molar-refractivity contribution in [3.05, 3.63) is 28.8 Å². The molecule has 1 aromatic rings. The molecule has 0 aliphatic rings. The molecule has 1 amide bonds. The van der Waals surface area contributed by atoms with E-state index in [-0.39, 0.29) is 18.3 Å². The fraction of sp³-hybridized carbons (Fsp3) is 0.467. The van der Waals surface area contributed by atoms with Crippen molar-refractivity contribution in [1.82, 2.24) is 0 Å². The maximum absolute atomic E-state index is 11.9. The molecular weight excluding hydrogens is 297 g/mol. The van der Waals surface area contributed by atoms with E-state index < -0.39 is 0 Å². The van der Waals surface area contributed by atoms with Crippen LogP contribution in [-0.2, 0) is 16.0 Å². The lowest BCUT2D eigenvalue weighted by molar-refractivity contribution is -0.117. The summed E-state index contributed by atoms with van der Waals surface area (Å²) in [5.41, 5.74) is 3.90. The monoisotopic (exact) mass is 315 g/mol. The minimum absolute atomic E-state index is 0.0200. The van der Waals surface area contributed by atoms with Crippen molar-refractivity contribution in [2.24, 2.45) is 0 Å². The Balaban J connectivity index is 3.25. The van der Waals surface area contributed by atoms with Crippen molar-refractivity contribution in [2.75, 3.05) is 23.2 Å². The summed E-state index contributed by atoms with van der Waals surface area (Å²) < 4.78 is 0. The van der Waals surface area contributed by atoms with E-state index in [9.17, 15) is 9.59 Å². The van der Waals surface area contributed by atoms with Gasteiger partial charge in [0.05, 0.1) is 12.2 Å². The molecule has 0 saturated carbocycles. The van der Waals surface area contributed by atoms with Crippen molar-refractivity contribution in [3.8, 4) is 0 Å². The van der Waals surface area contributed by atoms with Gasteiger partial charge in [-0.3, -0.25) is 4.79 Å². The van der Waals surface area contributed by atoms with Crippen molar-refractivity contribution < 1.29 is 9.59 Å². The van der Waals surface area contributed by atoms with Crippen LogP contribution in [0.25, 0.3) is 0 Å². The predicted octanol–water partition coefficient (Wildman–Crippen LogP) is 3.25. The van der Waals surface area contributed by atoms with Crippen molar-refractivity contribution in [2.45, 2.75) is 26.7 Å². The van der Waals surface area contributed by atoms with Crippen LogP contribution in [0.3, 0.4) is 0 Å². The summed E-state index contributed by atoms with van der Waals surface area (Å²) in [5, 5.41) is 0. The number of rotatable bonds is 7. The van der Waals surface area contributed by atoms with Crippen LogP contribution in [0.1, 0.15) is 23.1 Å². The van der Waals surface area contributed by atoms with E-state index >= 15 is 0 Å². The second kappa shape index (κ2) is 8.28. The molecule has 0 saturated heterocycles. The molecule has 0 aromatic heterocycles. The highest BCUT2D eigenvalue weighted by molar-refractivity contribution is 6.29. The molecule has 110 valence electrons. The van der Waals surface area contributed by atoms with Crippen LogP contribution in [0.5, 0.6) is 0 Å². The van der Waals surface area contributed by atoms with Gasteiger partial charge >= 0.3 is 0 Å². The minimum Gasteiger partial charge on any atom is -0.304 e. The van der Waals surface area contributed by atoms with Crippen LogP contribution < -0.4 is 4.90 Å². The summed E-state index contributed by atoms with van der Waals surface area (Å²) >= 11 is 11.4. The second-order valence-corrected chi connectivity index (χ2v) is 5.26. The zero-order chi connectivity index (χ0) is 15.1. The van der Waals surface area contributed by atoms with E-state index in [0.29, 0.717) is 5.88 Å². The molecule has 20 heavy (non-hydrogen) atoms. The Morgan fingerprint density at radius 3 is 2.55 bits per heavy atom. The normalized spacial score (nSPS) is 10.4. The van der Waals surface area contributed by atoms with Crippen molar-refractivity contribution in [3.63, 3.8) is 0 Å². The van der Waals surface area contributed by atoms with E-state index in [1.165, 1.54) is 4.90 Å². The lowest BCUT2D eigenvalue weighted by atomic mass is 9.98.